The Kier molecular flexibility index (Phi) is 8.45. The maximum absolute atomic E-state index is 12.4. The first kappa shape index (κ1) is 22.7. The molecule has 1 fully saturated rings. The molecule has 2 amide bonds. The van der Waals surface area contributed by atoms with Crippen LogP contribution in [0.4, 0.5) is 5.69 Å². The molecule has 0 spiro atoms. The van der Waals surface area contributed by atoms with E-state index >= 15 is 0 Å². The number of anilines is 1. The number of hydrogen-bond donors (Lipinski definition) is 2. The van der Waals surface area contributed by atoms with Crippen LogP contribution < -0.4 is 20.7 Å². The van der Waals surface area contributed by atoms with Crippen molar-refractivity contribution in [3.8, 4) is 11.5 Å². The van der Waals surface area contributed by atoms with Crippen LogP contribution in [0, 0.1) is 0 Å². The minimum Gasteiger partial charge on any atom is -0.457 e. The van der Waals surface area contributed by atoms with Crippen LogP contribution >= 0.6 is 12.4 Å². The molecule has 1 aliphatic heterocycles. The van der Waals surface area contributed by atoms with E-state index in [9.17, 15) is 9.59 Å². The molecule has 8 heteroatoms. The molecule has 3 rings (SSSR count). The van der Waals surface area contributed by atoms with E-state index in [0.29, 0.717) is 12.3 Å². The number of hydrogen-bond acceptors (Lipinski definition) is 5. The molecule has 2 atom stereocenters. The first-order valence-electron chi connectivity index (χ1n) is 9.24. The third-order valence-corrected chi connectivity index (χ3v) is 4.63. The van der Waals surface area contributed by atoms with E-state index in [4.69, 9.17) is 15.2 Å². The summed E-state index contributed by atoms with van der Waals surface area (Å²) >= 11 is 0. The summed E-state index contributed by atoms with van der Waals surface area (Å²) < 4.78 is 10.9. The van der Waals surface area contributed by atoms with Crippen LogP contribution in [0.15, 0.2) is 54.6 Å². The lowest BCUT2D eigenvalue weighted by Gasteiger charge is -2.18. The maximum Gasteiger partial charge on any atom is 0.229 e. The maximum atomic E-state index is 12.4. The van der Waals surface area contributed by atoms with Gasteiger partial charge in [0.15, 0.2) is 0 Å². The van der Waals surface area contributed by atoms with Crippen molar-refractivity contribution in [2.24, 2.45) is 5.73 Å². The van der Waals surface area contributed by atoms with E-state index in [2.05, 4.69) is 5.32 Å². The predicted molar refractivity (Wildman–Crippen MR) is 114 cm³/mol. The number of halogens is 1. The Bertz CT molecular complexity index is 797. The minimum absolute atomic E-state index is 0. The van der Waals surface area contributed by atoms with E-state index in [1.54, 1.807) is 4.90 Å². The second-order valence-corrected chi connectivity index (χ2v) is 6.68. The molecule has 0 aromatic heterocycles. The van der Waals surface area contributed by atoms with Crippen molar-refractivity contribution < 1.29 is 19.1 Å². The highest BCUT2D eigenvalue weighted by Crippen LogP contribution is 2.27. The first-order valence-corrected chi connectivity index (χ1v) is 9.24. The molecule has 0 saturated carbocycles. The fourth-order valence-corrected chi connectivity index (χ4v) is 3.13. The molecule has 2 aromatic carbocycles. The summed E-state index contributed by atoms with van der Waals surface area (Å²) in [4.78, 5) is 26.2. The lowest BCUT2D eigenvalue weighted by molar-refractivity contribution is -0.124. The fourth-order valence-electron chi connectivity index (χ4n) is 3.13. The summed E-state index contributed by atoms with van der Waals surface area (Å²) in [7, 11) is 1.52. The van der Waals surface area contributed by atoms with Crippen LogP contribution in [-0.2, 0) is 14.3 Å². The zero-order valence-corrected chi connectivity index (χ0v) is 17.1. The molecule has 156 valence electrons. The van der Waals surface area contributed by atoms with E-state index in [1.165, 1.54) is 7.11 Å². The minimum atomic E-state index is -0.314. The third-order valence-electron chi connectivity index (χ3n) is 4.63. The van der Waals surface area contributed by atoms with E-state index in [1.807, 2.05) is 54.6 Å². The molecule has 0 radical (unpaired) electrons. The Labute approximate surface area is 176 Å². The highest BCUT2D eigenvalue weighted by Gasteiger charge is 2.31. The molecule has 2 unspecified atom stereocenters. The van der Waals surface area contributed by atoms with Crippen LogP contribution in [0.25, 0.3) is 0 Å². The number of methoxy groups -OCH3 is 1. The number of rotatable bonds is 8. The van der Waals surface area contributed by atoms with Gasteiger partial charge in [0.05, 0.1) is 18.6 Å². The SMILES string of the molecule is COC(CN)CC(=O)NC1CC(=O)N(c2ccc(Oc3ccccc3)cc2)C1.Cl. The van der Waals surface area contributed by atoms with Crippen molar-refractivity contribution in [2.45, 2.75) is 25.0 Å². The van der Waals surface area contributed by atoms with Crippen LogP contribution in [-0.4, -0.2) is 44.2 Å². The predicted octanol–water partition coefficient (Wildman–Crippen LogP) is 2.49. The van der Waals surface area contributed by atoms with Crippen molar-refractivity contribution in [2.75, 3.05) is 25.1 Å². The molecule has 1 aliphatic rings. The average Bonchev–Trinajstić information content (AvgIpc) is 3.07. The molecule has 1 saturated heterocycles. The highest BCUT2D eigenvalue weighted by atomic mass is 35.5. The van der Waals surface area contributed by atoms with Gasteiger partial charge in [-0.15, -0.1) is 12.4 Å². The van der Waals surface area contributed by atoms with Crippen molar-refractivity contribution in [3.63, 3.8) is 0 Å². The highest BCUT2D eigenvalue weighted by molar-refractivity contribution is 5.96. The van der Waals surface area contributed by atoms with E-state index in [0.717, 1.165) is 11.4 Å². The summed E-state index contributed by atoms with van der Waals surface area (Å²) in [6.45, 7) is 0.709. The second kappa shape index (κ2) is 10.8. The van der Waals surface area contributed by atoms with Gasteiger partial charge in [-0.1, -0.05) is 18.2 Å². The Balaban J connectivity index is 0.00000300. The Morgan fingerprint density at radius 2 is 1.83 bits per heavy atom. The largest absolute Gasteiger partial charge is 0.457 e. The number of carbonyl (C=O) groups excluding carboxylic acids is 2. The molecular weight excluding hydrogens is 394 g/mol. The summed E-state index contributed by atoms with van der Waals surface area (Å²) in [5.41, 5.74) is 6.32. The number of ether oxygens (including phenoxy) is 2. The molecule has 0 aliphatic carbocycles. The Hall–Kier alpha value is -2.61. The van der Waals surface area contributed by atoms with Crippen LogP contribution in [0.3, 0.4) is 0 Å². The van der Waals surface area contributed by atoms with Gasteiger partial charge in [-0.2, -0.15) is 0 Å². The summed E-state index contributed by atoms with van der Waals surface area (Å²) in [5, 5.41) is 2.89. The normalized spacial score (nSPS) is 16.8. The number of nitrogens with zero attached hydrogens (tertiary/aromatic N) is 1. The summed E-state index contributed by atoms with van der Waals surface area (Å²) in [6, 6.07) is 16.6. The van der Waals surface area contributed by atoms with Gasteiger partial charge in [0.2, 0.25) is 11.8 Å². The Morgan fingerprint density at radius 3 is 2.45 bits per heavy atom. The van der Waals surface area contributed by atoms with E-state index < -0.39 is 0 Å². The lowest BCUT2D eigenvalue weighted by Crippen LogP contribution is -2.40. The van der Waals surface area contributed by atoms with Gasteiger partial charge in [0, 0.05) is 32.3 Å². The monoisotopic (exact) mass is 419 g/mol. The molecule has 2 aromatic rings. The van der Waals surface area contributed by atoms with Crippen LogP contribution in [0.1, 0.15) is 12.8 Å². The Morgan fingerprint density at radius 1 is 1.17 bits per heavy atom. The van der Waals surface area contributed by atoms with E-state index in [-0.39, 0.29) is 55.8 Å². The second-order valence-electron chi connectivity index (χ2n) is 6.68. The zero-order chi connectivity index (χ0) is 19.9. The number of amides is 2. The molecule has 0 bridgehead atoms. The van der Waals surface area contributed by atoms with Gasteiger partial charge < -0.3 is 25.4 Å². The van der Waals surface area contributed by atoms with Crippen molar-refractivity contribution >= 4 is 29.9 Å². The van der Waals surface area contributed by atoms with Crippen LogP contribution in [0.2, 0.25) is 0 Å². The average molecular weight is 420 g/mol. The van der Waals surface area contributed by atoms with Crippen LogP contribution in [0.5, 0.6) is 11.5 Å². The summed E-state index contributed by atoms with van der Waals surface area (Å²) in [6.07, 6.45) is 0.141. The molecular formula is C21H26ClN3O4. The molecule has 3 N–H and O–H groups in total. The van der Waals surface area contributed by atoms with Gasteiger partial charge in [-0.25, -0.2) is 0 Å². The van der Waals surface area contributed by atoms with Gasteiger partial charge in [0.1, 0.15) is 11.5 Å². The summed E-state index contributed by atoms with van der Waals surface area (Å²) in [5.74, 6) is 1.26. The van der Waals surface area contributed by atoms with Crippen molar-refractivity contribution in [1.29, 1.82) is 0 Å². The first-order chi connectivity index (χ1) is 13.6. The quantitative estimate of drug-likeness (QED) is 0.685. The number of nitrogens with one attached hydrogen (secondary N) is 1. The molecule has 7 nitrogen and oxygen atoms in total. The zero-order valence-electron chi connectivity index (χ0n) is 16.2. The molecule has 1 heterocycles. The number of para-hydroxylation sites is 1. The van der Waals surface area contributed by atoms with Gasteiger partial charge in [-0.3, -0.25) is 9.59 Å². The van der Waals surface area contributed by atoms with Gasteiger partial charge in [0.25, 0.3) is 0 Å². The van der Waals surface area contributed by atoms with Gasteiger partial charge >= 0.3 is 0 Å². The number of carbonyl (C=O) groups is 2. The topological polar surface area (TPSA) is 93.9 Å². The van der Waals surface area contributed by atoms with Gasteiger partial charge in [-0.05, 0) is 36.4 Å². The number of benzene rings is 2. The third kappa shape index (κ3) is 6.19. The lowest BCUT2D eigenvalue weighted by atomic mass is 10.2. The smallest absolute Gasteiger partial charge is 0.229 e. The van der Waals surface area contributed by atoms with Crippen molar-refractivity contribution in [1.82, 2.24) is 5.32 Å². The standard InChI is InChI=1S/C21H25N3O4.ClH/c1-27-19(13-22)12-20(25)23-15-11-21(26)24(14-15)16-7-9-18(10-8-16)28-17-5-3-2-4-6-17;/h2-10,15,19H,11-14,22H2,1H3,(H,23,25);1H. The molecule has 29 heavy (non-hydrogen) atoms. The number of nitrogens with two attached hydrogens (primary N) is 1. The van der Waals surface area contributed by atoms with Crippen molar-refractivity contribution in [3.05, 3.63) is 54.6 Å². The fraction of sp³-hybridized carbons (Fsp3) is 0.333.